The van der Waals surface area contributed by atoms with Crippen LogP contribution in [0.5, 0.6) is 0 Å². The number of carbonyl (C=O) groups is 1. The fourth-order valence-corrected chi connectivity index (χ4v) is 3.64. The maximum atomic E-state index is 13.1. The van der Waals surface area contributed by atoms with Crippen molar-refractivity contribution in [2.75, 3.05) is 13.2 Å². The molecule has 0 aliphatic heterocycles. The fraction of sp³-hybridized carbons (Fsp3) is 0.667. The molecule has 1 fully saturated rings. The Bertz CT molecular complexity index is 770. The van der Waals surface area contributed by atoms with Crippen LogP contribution in [0.25, 0.3) is 5.78 Å². The molecule has 0 radical (unpaired) electrons. The maximum absolute atomic E-state index is 13.1. The van der Waals surface area contributed by atoms with Crippen molar-refractivity contribution in [1.29, 1.82) is 0 Å². The Morgan fingerprint density at radius 2 is 2.20 bits per heavy atom. The summed E-state index contributed by atoms with van der Waals surface area (Å²) < 4.78 is 7.43. The van der Waals surface area contributed by atoms with E-state index in [9.17, 15) is 4.79 Å². The number of nitrogens with zero attached hydrogens (tertiary/aromatic N) is 5. The fourth-order valence-electron chi connectivity index (χ4n) is 3.64. The normalized spacial score (nSPS) is 22.0. The highest BCUT2D eigenvalue weighted by molar-refractivity contribution is 5.91. The van der Waals surface area contributed by atoms with Crippen molar-refractivity contribution >= 4 is 11.7 Å². The topological polar surface area (TPSA) is 72.6 Å². The molecule has 2 aromatic rings. The highest BCUT2D eigenvalue weighted by atomic mass is 16.5. The summed E-state index contributed by atoms with van der Waals surface area (Å²) in [6.07, 6.45) is 3.62. The maximum Gasteiger partial charge on any atom is 0.293 e. The third-order valence-electron chi connectivity index (χ3n) is 5.22. The first kappa shape index (κ1) is 17.8. The van der Waals surface area contributed by atoms with Crippen LogP contribution in [0.4, 0.5) is 0 Å². The van der Waals surface area contributed by atoms with Gasteiger partial charge in [-0.15, -0.1) is 5.10 Å². The molecule has 2 aromatic heterocycles. The van der Waals surface area contributed by atoms with Crippen LogP contribution in [0.2, 0.25) is 0 Å². The van der Waals surface area contributed by atoms with E-state index in [2.05, 4.69) is 35.8 Å². The molecule has 2 heterocycles. The molecule has 1 amide bonds. The summed E-state index contributed by atoms with van der Waals surface area (Å²) in [6.45, 7) is 11.7. The monoisotopic (exact) mass is 345 g/mol. The lowest BCUT2D eigenvalue weighted by molar-refractivity contribution is -0.140. The van der Waals surface area contributed by atoms with E-state index < -0.39 is 0 Å². The quantitative estimate of drug-likeness (QED) is 0.804. The van der Waals surface area contributed by atoms with Gasteiger partial charge in [-0.25, -0.2) is 9.50 Å². The summed E-state index contributed by atoms with van der Waals surface area (Å²) in [4.78, 5) is 23.6. The van der Waals surface area contributed by atoms with Gasteiger partial charge >= 0.3 is 0 Å². The molecular weight excluding hydrogens is 318 g/mol. The van der Waals surface area contributed by atoms with Crippen molar-refractivity contribution in [1.82, 2.24) is 24.5 Å². The Labute approximate surface area is 148 Å². The minimum atomic E-state index is -0.125. The van der Waals surface area contributed by atoms with Crippen LogP contribution >= 0.6 is 0 Å². The van der Waals surface area contributed by atoms with Crippen molar-refractivity contribution in [3.63, 3.8) is 0 Å². The SMILES string of the molecule is CCCN(C(=O)c1nc2nccc(C)n2n1)[C@@H]1C[C@@H](OCC)C1(C)C. The molecule has 136 valence electrons. The third-order valence-corrected chi connectivity index (χ3v) is 5.22. The second-order valence-corrected chi connectivity index (χ2v) is 7.25. The molecule has 1 aliphatic rings. The van der Waals surface area contributed by atoms with Gasteiger partial charge in [-0.2, -0.15) is 4.98 Å². The number of hydrogen-bond donors (Lipinski definition) is 0. The smallest absolute Gasteiger partial charge is 0.293 e. The Kier molecular flexibility index (Phi) is 4.77. The van der Waals surface area contributed by atoms with Gasteiger partial charge in [0.05, 0.1) is 6.10 Å². The number of ether oxygens (including phenoxy) is 1. The number of hydrogen-bond acceptors (Lipinski definition) is 5. The summed E-state index contributed by atoms with van der Waals surface area (Å²) in [5.74, 6) is 0.547. The number of rotatable bonds is 6. The highest BCUT2D eigenvalue weighted by Crippen LogP contribution is 2.46. The summed E-state index contributed by atoms with van der Waals surface area (Å²) >= 11 is 0. The van der Waals surface area contributed by atoms with Crippen LogP contribution in [0.1, 0.15) is 56.8 Å². The average molecular weight is 345 g/mol. The van der Waals surface area contributed by atoms with Gasteiger partial charge in [0, 0.05) is 36.5 Å². The van der Waals surface area contributed by atoms with Crippen molar-refractivity contribution in [3.8, 4) is 0 Å². The summed E-state index contributed by atoms with van der Waals surface area (Å²) in [6, 6.07) is 1.98. The summed E-state index contributed by atoms with van der Waals surface area (Å²) in [5, 5.41) is 4.38. The molecule has 0 aromatic carbocycles. The van der Waals surface area contributed by atoms with Crippen molar-refractivity contribution in [2.24, 2.45) is 5.41 Å². The van der Waals surface area contributed by atoms with Crippen LogP contribution in [-0.2, 0) is 4.74 Å². The Balaban J connectivity index is 1.87. The molecule has 2 atom stereocenters. The molecule has 7 nitrogen and oxygen atoms in total. The van der Waals surface area contributed by atoms with E-state index >= 15 is 0 Å². The lowest BCUT2D eigenvalue weighted by atomic mass is 9.63. The van der Waals surface area contributed by atoms with Crippen molar-refractivity contribution < 1.29 is 9.53 Å². The largest absolute Gasteiger partial charge is 0.378 e. The molecular formula is C18H27N5O2. The average Bonchev–Trinajstić information content (AvgIpc) is 3.02. The van der Waals surface area contributed by atoms with Gasteiger partial charge in [0.2, 0.25) is 5.82 Å². The first-order chi connectivity index (χ1) is 11.9. The predicted octanol–water partition coefficient (Wildman–Crippen LogP) is 2.49. The van der Waals surface area contributed by atoms with Crippen LogP contribution in [0, 0.1) is 12.3 Å². The minimum absolute atomic E-state index is 0.0752. The molecule has 0 unspecified atom stereocenters. The third kappa shape index (κ3) is 3.01. The first-order valence-electron chi connectivity index (χ1n) is 9.01. The number of aromatic nitrogens is 4. The number of aryl methyl sites for hydroxylation is 1. The predicted molar refractivity (Wildman–Crippen MR) is 94.4 cm³/mol. The molecule has 1 saturated carbocycles. The molecule has 0 bridgehead atoms. The standard InChI is InChI=1S/C18H27N5O2/c1-6-10-22(13-11-14(25-7-2)18(13,4)5)16(24)15-20-17-19-9-8-12(3)23(17)21-15/h8-9,13-14H,6-7,10-11H2,1-5H3/t13-,14-/m1/s1. The molecule has 0 spiro atoms. The van der Waals surface area contributed by atoms with E-state index in [1.165, 1.54) is 0 Å². The van der Waals surface area contributed by atoms with Crippen LogP contribution in [0.3, 0.4) is 0 Å². The molecule has 0 N–H and O–H groups in total. The van der Waals surface area contributed by atoms with Crippen LogP contribution in [-0.4, -0.2) is 55.7 Å². The van der Waals surface area contributed by atoms with Gasteiger partial charge in [-0.05, 0) is 32.8 Å². The van der Waals surface area contributed by atoms with Gasteiger partial charge in [0.15, 0.2) is 0 Å². The second-order valence-electron chi connectivity index (χ2n) is 7.25. The first-order valence-corrected chi connectivity index (χ1v) is 9.01. The zero-order chi connectivity index (χ0) is 18.2. The van der Waals surface area contributed by atoms with Gasteiger partial charge in [0.1, 0.15) is 0 Å². The van der Waals surface area contributed by atoms with Crippen molar-refractivity contribution in [2.45, 2.75) is 59.6 Å². The second kappa shape index (κ2) is 6.71. The summed E-state index contributed by atoms with van der Waals surface area (Å²) in [7, 11) is 0. The number of fused-ring (bicyclic) bond motifs is 1. The lowest BCUT2D eigenvalue weighted by Crippen LogP contribution is -2.63. The van der Waals surface area contributed by atoms with E-state index in [0.717, 1.165) is 18.5 Å². The zero-order valence-corrected chi connectivity index (χ0v) is 15.7. The van der Waals surface area contributed by atoms with Gasteiger partial charge in [-0.3, -0.25) is 4.79 Å². The Morgan fingerprint density at radius 3 is 2.80 bits per heavy atom. The Hall–Kier alpha value is -2.02. The van der Waals surface area contributed by atoms with Gasteiger partial charge in [-0.1, -0.05) is 20.8 Å². The zero-order valence-electron chi connectivity index (χ0n) is 15.7. The van der Waals surface area contributed by atoms with Crippen LogP contribution < -0.4 is 0 Å². The molecule has 1 aliphatic carbocycles. The van der Waals surface area contributed by atoms with E-state index in [-0.39, 0.29) is 29.3 Å². The number of carbonyl (C=O) groups excluding carboxylic acids is 1. The Morgan fingerprint density at radius 1 is 1.44 bits per heavy atom. The van der Waals surface area contributed by atoms with Gasteiger partial charge < -0.3 is 9.64 Å². The molecule has 0 saturated heterocycles. The van der Waals surface area contributed by atoms with Crippen molar-refractivity contribution in [3.05, 3.63) is 23.8 Å². The lowest BCUT2D eigenvalue weighted by Gasteiger charge is -2.55. The number of amides is 1. The molecule has 25 heavy (non-hydrogen) atoms. The molecule has 3 rings (SSSR count). The van der Waals surface area contributed by atoms with E-state index in [1.54, 1.807) is 10.7 Å². The van der Waals surface area contributed by atoms with E-state index in [0.29, 0.717) is 18.9 Å². The highest BCUT2D eigenvalue weighted by Gasteiger charge is 2.52. The molecule has 7 heteroatoms. The van der Waals surface area contributed by atoms with E-state index in [1.807, 2.05) is 24.8 Å². The van der Waals surface area contributed by atoms with E-state index in [4.69, 9.17) is 4.74 Å². The summed E-state index contributed by atoms with van der Waals surface area (Å²) in [5.41, 5.74) is 0.827. The van der Waals surface area contributed by atoms with Gasteiger partial charge in [0.25, 0.3) is 11.7 Å². The van der Waals surface area contributed by atoms with Crippen LogP contribution in [0.15, 0.2) is 12.3 Å². The minimum Gasteiger partial charge on any atom is -0.378 e.